The molecule has 0 aromatic carbocycles. The molecule has 0 radical (unpaired) electrons. The van der Waals surface area contributed by atoms with Gasteiger partial charge in [0.15, 0.2) is 5.15 Å². The summed E-state index contributed by atoms with van der Waals surface area (Å²) in [6.45, 7) is 0. The standard InChI is InChI=1S/C5H6BClN2O2/c7-5-3(8)1-2-4(9-5)6(10)11/h1-2,10-11H,8H2. The molecule has 11 heavy (non-hydrogen) atoms. The predicted molar refractivity (Wildman–Crippen MR) is 43.5 cm³/mol. The maximum atomic E-state index is 8.63. The van der Waals surface area contributed by atoms with Gasteiger partial charge in [-0.1, -0.05) is 11.6 Å². The maximum Gasteiger partial charge on any atom is 0.508 e. The summed E-state index contributed by atoms with van der Waals surface area (Å²) in [5, 5.41) is 17.3. The van der Waals surface area contributed by atoms with E-state index in [0.717, 1.165) is 0 Å². The number of aromatic nitrogens is 1. The van der Waals surface area contributed by atoms with Gasteiger partial charge in [-0.25, -0.2) is 4.98 Å². The molecule has 1 heterocycles. The van der Waals surface area contributed by atoms with E-state index >= 15 is 0 Å². The second-order valence-corrected chi connectivity index (χ2v) is 2.35. The quantitative estimate of drug-likeness (QED) is 0.375. The molecule has 4 N–H and O–H groups in total. The minimum absolute atomic E-state index is 0.0793. The Hall–Kier alpha value is -0.775. The molecule has 0 saturated carbocycles. The molecular weight excluding hydrogens is 166 g/mol. The van der Waals surface area contributed by atoms with Crippen molar-refractivity contribution in [2.24, 2.45) is 0 Å². The monoisotopic (exact) mass is 172 g/mol. The number of nitrogens with zero attached hydrogens (tertiary/aromatic N) is 1. The van der Waals surface area contributed by atoms with E-state index in [1.807, 2.05) is 0 Å². The van der Waals surface area contributed by atoms with Crippen molar-refractivity contribution >= 4 is 30.0 Å². The van der Waals surface area contributed by atoms with Crippen molar-refractivity contribution in [2.45, 2.75) is 0 Å². The van der Waals surface area contributed by atoms with E-state index in [-0.39, 0.29) is 10.7 Å². The van der Waals surface area contributed by atoms with Gasteiger partial charge in [-0.15, -0.1) is 0 Å². The van der Waals surface area contributed by atoms with Gasteiger partial charge in [0, 0.05) is 0 Å². The van der Waals surface area contributed by atoms with Crippen LogP contribution < -0.4 is 11.3 Å². The van der Waals surface area contributed by atoms with Gasteiger partial charge in [-0.05, 0) is 12.1 Å². The zero-order valence-corrected chi connectivity index (χ0v) is 6.28. The first-order valence-corrected chi connectivity index (χ1v) is 3.27. The van der Waals surface area contributed by atoms with Gasteiger partial charge < -0.3 is 15.8 Å². The average molecular weight is 172 g/mol. The van der Waals surface area contributed by atoms with Crippen LogP contribution >= 0.6 is 11.6 Å². The Balaban J connectivity index is 3.05. The van der Waals surface area contributed by atoms with Crippen LogP contribution in [0, 0.1) is 0 Å². The van der Waals surface area contributed by atoms with Gasteiger partial charge in [0.05, 0.1) is 11.3 Å². The second-order valence-electron chi connectivity index (χ2n) is 1.99. The van der Waals surface area contributed by atoms with Gasteiger partial charge in [-0.3, -0.25) is 0 Å². The van der Waals surface area contributed by atoms with Crippen LogP contribution in [0.2, 0.25) is 5.15 Å². The number of halogens is 1. The lowest BCUT2D eigenvalue weighted by Gasteiger charge is -2.00. The average Bonchev–Trinajstić information content (AvgIpc) is 1.94. The molecule has 4 nitrogen and oxygen atoms in total. The molecular formula is C5H6BClN2O2. The molecule has 0 amide bonds. The maximum absolute atomic E-state index is 8.63. The molecule has 0 atom stereocenters. The summed E-state index contributed by atoms with van der Waals surface area (Å²) in [7, 11) is -1.60. The van der Waals surface area contributed by atoms with E-state index in [1.54, 1.807) is 0 Å². The molecule has 1 rings (SSSR count). The van der Waals surface area contributed by atoms with Crippen LogP contribution in [0.4, 0.5) is 5.69 Å². The van der Waals surface area contributed by atoms with E-state index in [0.29, 0.717) is 5.69 Å². The number of nitrogens with two attached hydrogens (primary N) is 1. The van der Waals surface area contributed by atoms with Gasteiger partial charge in [0.2, 0.25) is 0 Å². The SMILES string of the molecule is Nc1ccc(B(O)O)nc1Cl. The molecule has 0 spiro atoms. The van der Waals surface area contributed by atoms with Gasteiger partial charge in [-0.2, -0.15) is 0 Å². The molecule has 6 heteroatoms. The number of hydrogen-bond donors (Lipinski definition) is 3. The predicted octanol–water partition coefficient (Wildman–Crippen LogP) is -1.00. The van der Waals surface area contributed by atoms with Crippen molar-refractivity contribution < 1.29 is 10.0 Å². The lowest BCUT2D eigenvalue weighted by atomic mass is 9.86. The van der Waals surface area contributed by atoms with Gasteiger partial charge in [0.1, 0.15) is 0 Å². The van der Waals surface area contributed by atoms with Crippen LogP contribution in [0.25, 0.3) is 0 Å². The minimum atomic E-state index is -1.60. The number of hydrogen-bond acceptors (Lipinski definition) is 4. The molecule has 1 aromatic heterocycles. The molecule has 0 aliphatic rings. The Morgan fingerprint density at radius 2 is 2.09 bits per heavy atom. The van der Waals surface area contributed by atoms with Crippen molar-refractivity contribution in [3.05, 3.63) is 17.3 Å². The highest BCUT2D eigenvalue weighted by atomic mass is 35.5. The summed E-state index contributed by atoms with van der Waals surface area (Å²) in [6.07, 6.45) is 0. The van der Waals surface area contributed by atoms with Crippen LogP contribution in [0.5, 0.6) is 0 Å². The molecule has 0 aliphatic carbocycles. The summed E-state index contributed by atoms with van der Waals surface area (Å²) in [4.78, 5) is 3.61. The fourth-order valence-electron chi connectivity index (χ4n) is 0.603. The summed E-state index contributed by atoms with van der Waals surface area (Å²) in [5.41, 5.74) is 5.73. The number of nitrogen functional groups attached to an aromatic ring is 1. The van der Waals surface area contributed by atoms with Crippen LogP contribution in [0.1, 0.15) is 0 Å². The smallest absolute Gasteiger partial charge is 0.422 e. The van der Waals surface area contributed by atoms with Crippen molar-refractivity contribution in [1.82, 2.24) is 4.98 Å². The Kier molecular flexibility index (Phi) is 2.33. The second kappa shape index (κ2) is 3.08. The number of anilines is 1. The molecule has 0 saturated heterocycles. The van der Waals surface area contributed by atoms with E-state index in [9.17, 15) is 0 Å². The molecule has 58 valence electrons. The minimum Gasteiger partial charge on any atom is -0.422 e. The Morgan fingerprint density at radius 1 is 1.45 bits per heavy atom. The zero-order chi connectivity index (χ0) is 8.43. The summed E-state index contributed by atoms with van der Waals surface area (Å²) in [6, 6.07) is 2.86. The highest BCUT2D eigenvalue weighted by Gasteiger charge is 2.13. The third kappa shape index (κ3) is 1.83. The van der Waals surface area contributed by atoms with Gasteiger partial charge >= 0.3 is 7.12 Å². The van der Waals surface area contributed by atoms with Crippen LogP contribution in [-0.2, 0) is 0 Å². The molecule has 0 unspecified atom stereocenters. The third-order valence-electron chi connectivity index (χ3n) is 1.16. The normalized spacial score (nSPS) is 9.73. The van der Waals surface area contributed by atoms with Crippen molar-refractivity contribution in [2.75, 3.05) is 5.73 Å². The van der Waals surface area contributed by atoms with E-state index in [4.69, 9.17) is 27.4 Å². The van der Waals surface area contributed by atoms with Crippen LogP contribution in [-0.4, -0.2) is 22.2 Å². The largest absolute Gasteiger partial charge is 0.508 e. The highest BCUT2D eigenvalue weighted by molar-refractivity contribution is 6.57. The molecule has 0 fully saturated rings. The van der Waals surface area contributed by atoms with Gasteiger partial charge in [0.25, 0.3) is 0 Å². The highest BCUT2D eigenvalue weighted by Crippen LogP contribution is 2.11. The lowest BCUT2D eigenvalue weighted by Crippen LogP contribution is -2.32. The summed E-state index contributed by atoms with van der Waals surface area (Å²) in [5.74, 6) is 0. The van der Waals surface area contributed by atoms with Crippen molar-refractivity contribution in [3.8, 4) is 0 Å². The third-order valence-corrected chi connectivity index (χ3v) is 1.47. The first kappa shape index (κ1) is 8.32. The van der Waals surface area contributed by atoms with Crippen LogP contribution in [0.15, 0.2) is 12.1 Å². The Bertz CT molecular complexity index is 269. The zero-order valence-electron chi connectivity index (χ0n) is 5.53. The Labute approximate surface area is 68.8 Å². The number of pyridine rings is 1. The number of rotatable bonds is 1. The first-order chi connectivity index (χ1) is 5.11. The van der Waals surface area contributed by atoms with E-state index in [1.165, 1.54) is 12.1 Å². The topological polar surface area (TPSA) is 79.4 Å². The van der Waals surface area contributed by atoms with Crippen LogP contribution in [0.3, 0.4) is 0 Å². The molecule has 1 aromatic rings. The fraction of sp³-hybridized carbons (Fsp3) is 0. The lowest BCUT2D eigenvalue weighted by molar-refractivity contribution is 0.424. The van der Waals surface area contributed by atoms with Crippen molar-refractivity contribution in [3.63, 3.8) is 0 Å². The molecule has 0 bridgehead atoms. The summed E-state index contributed by atoms with van der Waals surface area (Å²) >= 11 is 5.50. The summed E-state index contributed by atoms with van der Waals surface area (Å²) < 4.78 is 0. The first-order valence-electron chi connectivity index (χ1n) is 2.89. The molecule has 0 aliphatic heterocycles. The fourth-order valence-corrected chi connectivity index (χ4v) is 0.763. The van der Waals surface area contributed by atoms with Crippen molar-refractivity contribution in [1.29, 1.82) is 0 Å². The Morgan fingerprint density at radius 3 is 2.55 bits per heavy atom. The van der Waals surface area contributed by atoms with E-state index < -0.39 is 7.12 Å². The van der Waals surface area contributed by atoms with E-state index in [2.05, 4.69) is 4.98 Å².